The van der Waals surface area contributed by atoms with E-state index in [2.05, 4.69) is 87.6 Å². The van der Waals surface area contributed by atoms with Crippen LogP contribution in [0.1, 0.15) is 105 Å². The van der Waals surface area contributed by atoms with E-state index in [1.807, 2.05) is 9.92 Å². The molecule has 1 radical (unpaired) electrons. The van der Waals surface area contributed by atoms with E-state index in [1.165, 1.54) is 77.0 Å². The number of hydrogen-bond acceptors (Lipinski definition) is 1. The van der Waals surface area contributed by atoms with Crippen LogP contribution in [0.25, 0.3) is 10.1 Å². The van der Waals surface area contributed by atoms with E-state index in [1.54, 1.807) is 10.1 Å². The summed E-state index contributed by atoms with van der Waals surface area (Å²) in [6.07, 6.45) is 25.5. The largest absolute Gasteiger partial charge is 0.673 e. The zero-order chi connectivity index (χ0) is 29.1. The molecule has 3 aliphatic rings. The van der Waals surface area contributed by atoms with Crippen LogP contribution in [-0.2, 0) is 19.5 Å². The average Bonchev–Trinajstić information content (AvgIpc) is 3.60. The van der Waals surface area contributed by atoms with E-state index in [9.17, 15) is 17.3 Å². The van der Waals surface area contributed by atoms with Gasteiger partial charge in [-0.3, -0.25) is 0 Å². The molecule has 2 aromatic rings. The minimum Gasteiger partial charge on any atom is -0.418 e. The summed E-state index contributed by atoms with van der Waals surface area (Å²) in [5, 5.41) is 3.56. The molecule has 1 aromatic heterocycles. The first-order valence-electron chi connectivity index (χ1n) is 15.5. The summed E-state index contributed by atoms with van der Waals surface area (Å²) >= 11 is 2.22. The third-order valence-corrected chi connectivity index (χ3v) is 18.0. The van der Waals surface area contributed by atoms with Gasteiger partial charge in [-0.2, -0.15) is 0 Å². The monoisotopic (exact) mass is 716 g/mol. The summed E-state index contributed by atoms with van der Waals surface area (Å²) in [6, 6.07) is 9.44. The molecule has 2 fully saturated rings. The Morgan fingerprint density at radius 2 is 1.02 bits per heavy atom. The van der Waals surface area contributed by atoms with Gasteiger partial charge in [0.05, 0.1) is 0 Å². The summed E-state index contributed by atoms with van der Waals surface area (Å²) in [6.45, 7) is 9.82. The van der Waals surface area contributed by atoms with Crippen molar-refractivity contribution in [1.82, 2.24) is 0 Å². The quantitative estimate of drug-likeness (QED) is 0.121. The van der Waals surface area contributed by atoms with Crippen molar-refractivity contribution in [2.45, 2.75) is 127 Å². The van der Waals surface area contributed by atoms with Crippen molar-refractivity contribution in [1.29, 1.82) is 0 Å². The molecule has 41 heavy (non-hydrogen) atoms. The molecule has 9 heteroatoms. The first-order valence-corrected chi connectivity index (χ1v) is 19.3. The van der Waals surface area contributed by atoms with Crippen LogP contribution in [-0.4, -0.2) is 29.9 Å². The van der Waals surface area contributed by atoms with Crippen LogP contribution in [0.15, 0.2) is 48.6 Å². The Hall–Kier alpha value is -0.0717. The number of rotatable bonds is 6. The zero-order valence-corrected chi connectivity index (χ0v) is 29.4. The molecular weight excluding hydrogens is 668 g/mol. The van der Waals surface area contributed by atoms with Gasteiger partial charge in [-0.25, -0.2) is 0 Å². The topological polar surface area (TPSA) is 0 Å². The fraction of sp³-hybridized carbons (Fsp3) is 0.625. The molecule has 1 aliphatic carbocycles. The van der Waals surface area contributed by atoms with Crippen LogP contribution in [0.5, 0.6) is 0 Å². The second-order valence-corrected chi connectivity index (χ2v) is 17.9. The molecule has 4 atom stereocenters. The molecular formula is C32H48BF4P2RhS-. The molecule has 2 aliphatic heterocycles. The first-order chi connectivity index (χ1) is 19.2. The number of hydrogen-bond donors (Lipinski definition) is 0. The van der Waals surface area contributed by atoms with Crippen LogP contribution < -0.4 is 9.92 Å². The van der Waals surface area contributed by atoms with Gasteiger partial charge in [-0.05, 0) is 106 Å². The van der Waals surface area contributed by atoms with Gasteiger partial charge in [0.1, 0.15) is 0 Å². The molecule has 0 N–H and O–H groups in total. The Labute approximate surface area is 266 Å². The predicted octanol–water partition coefficient (Wildman–Crippen LogP) is 11.8. The van der Waals surface area contributed by atoms with E-state index in [-0.39, 0.29) is 35.3 Å². The third-order valence-electron chi connectivity index (χ3n) is 8.50. The minimum atomic E-state index is -6.00. The van der Waals surface area contributed by atoms with Crippen molar-refractivity contribution in [3.05, 3.63) is 48.6 Å². The van der Waals surface area contributed by atoms with Crippen molar-refractivity contribution >= 4 is 54.4 Å². The van der Waals surface area contributed by atoms with Gasteiger partial charge < -0.3 is 17.3 Å². The number of benzene rings is 1. The Morgan fingerprint density at radius 3 is 1.41 bits per heavy atom. The summed E-state index contributed by atoms with van der Waals surface area (Å²) in [7, 11) is -5.95. The molecule has 2 saturated heterocycles. The molecule has 1 aromatic carbocycles. The van der Waals surface area contributed by atoms with Crippen molar-refractivity contribution in [2.75, 3.05) is 0 Å². The number of halogens is 4. The molecule has 233 valence electrons. The van der Waals surface area contributed by atoms with Gasteiger partial charge in [0, 0.05) is 39.5 Å². The summed E-state index contributed by atoms with van der Waals surface area (Å²) in [5.41, 5.74) is 3.91. The predicted molar refractivity (Wildman–Crippen MR) is 177 cm³/mol. The van der Waals surface area contributed by atoms with E-state index in [4.69, 9.17) is 0 Å². The zero-order valence-electron chi connectivity index (χ0n) is 25.1. The van der Waals surface area contributed by atoms with Crippen molar-refractivity contribution in [2.24, 2.45) is 0 Å². The molecule has 0 saturated carbocycles. The van der Waals surface area contributed by atoms with Crippen LogP contribution in [0, 0.1) is 0 Å². The van der Waals surface area contributed by atoms with Gasteiger partial charge >= 0.3 is 7.25 Å². The summed E-state index contributed by atoms with van der Waals surface area (Å²) < 4.78 is 42.5. The number of fused-ring (bicyclic) bond motifs is 1. The number of thiophene rings is 1. The van der Waals surface area contributed by atoms with E-state index in [0.29, 0.717) is 0 Å². The van der Waals surface area contributed by atoms with Crippen LogP contribution in [0.2, 0.25) is 0 Å². The Bertz CT molecular complexity index is 1030. The summed E-state index contributed by atoms with van der Waals surface area (Å²) in [4.78, 5) is 0. The van der Waals surface area contributed by atoms with Gasteiger partial charge in [0.15, 0.2) is 0 Å². The Kier molecular flexibility index (Phi) is 16.9. The number of allylic oxidation sites excluding steroid dienone is 4. The standard InChI is InChI=1S/C24H36P2S.C8H12.BF4.Rh/c1-5-17-13-14-18(6-2)25(17)23-21-11-9-10-12-22(21)27-24(23)26-19(7-3)15-16-20(26)8-4;1-2-4-6-8-7-5-3-1;2-1(3,4)5;/h9-12,17-20H,5-8,13-16H2,1-4H3;1-2,7-8H,3-6H2;;/q;;-1;/b;2-1-,8-7?;;/t17-,18-,19-,20-;;;/m0.../s1. The van der Waals surface area contributed by atoms with E-state index >= 15 is 0 Å². The molecule has 0 amide bonds. The Balaban J connectivity index is 0.000000349. The minimum absolute atomic E-state index is 0. The van der Waals surface area contributed by atoms with Gasteiger partial charge in [0.2, 0.25) is 0 Å². The van der Waals surface area contributed by atoms with Crippen LogP contribution in [0.4, 0.5) is 17.3 Å². The maximum absolute atomic E-state index is 9.75. The smallest absolute Gasteiger partial charge is 0.418 e. The van der Waals surface area contributed by atoms with Gasteiger partial charge in [-0.1, -0.05) is 86.0 Å². The maximum Gasteiger partial charge on any atom is 0.673 e. The first kappa shape index (κ1) is 37.1. The molecule has 5 rings (SSSR count). The van der Waals surface area contributed by atoms with Crippen LogP contribution in [0.3, 0.4) is 0 Å². The molecule has 0 spiro atoms. The second kappa shape index (κ2) is 18.7. The molecule has 3 heterocycles. The van der Waals surface area contributed by atoms with Crippen LogP contribution >= 0.6 is 27.2 Å². The van der Waals surface area contributed by atoms with Crippen molar-refractivity contribution in [3.63, 3.8) is 0 Å². The second-order valence-electron chi connectivity index (χ2n) is 11.1. The van der Waals surface area contributed by atoms with Gasteiger partial charge in [0.25, 0.3) is 0 Å². The molecule has 0 unspecified atom stereocenters. The van der Waals surface area contributed by atoms with Crippen molar-refractivity contribution < 1.29 is 36.7 Å². The van der Waals surface area contributed by atoms with E-state index in [0.717, 1.165) is 22.6 Å². The van der Waals surface area contributed by atoms with E-state index < -0.39 is 7.25 Å². The normalized spacial score (nSPS) is 25.9. The molecule has 0 nitrogen and oxygen atoms in total. The summed E-state index contributed by atoms with van der Waals surface area (Å²) in [5.74, 6) is 0. The maximum atomic E-state index is 9.75. The average molecular weight is 716 g/mol. The third kappa shape index (κ3) is 10.8. The molecule has 0 bridgehead atoms. The van der Waals surface area contributed by atoms with Gasteiger partial charge in [-0.15, -0.1) is 11.3 Å². The Morgan fingerprint density at radius 1 is 0.659 bits per heavy atom. The van der Waals surface area contributed by atoms with Crippen molar-refractivity contribution in [3.8, 4) is 0 Å². The fourth-order valence-electron chi connectivity index (χ4n) is 6.52. The SMILES string of the molecule is C1=CCC/C=C\CC1.CC[C@H]1CC[C@H](CC)P1c1sc2ccccc2c1P1[C@@H](CC)CC[C@@H]1CC.F[B-](F)(F)F.[Rh]. The fourth-order valence-corrected chi connectivity index (χ4v) is 17.1.